The predicted octanol–water partition coefficient (Wildman–Crippen LogP) is 2.98. The van der Waals surface area contributed by atoms with Gasteiger partial charge in [-0.25, -0.2) is 0 Å². The van der Waals surface area contributed by atoms with Crippen molar-refractivity contribution >= 4 is 5.91 Å². The number of fused-ring (bicyclic) bond motifs is 1. The number of amides is 1. The van der Waals surface area contributed by atoms with Gasteiger partial charge in [-0.1, -0.05) is 31.0 Å². The zero-order valence-electron chi connectivity index (χ0n) is 15.9. The van der Waals surface area contributed by atoms with Gasteiger partial charge in [0.2, 0.25) is 5.91 Å². The summed E-state index contributed by atoms with van der Waals surface area (Å²) in [7, 11) is 0. The van der Waals surface area contributed by atoms with E-state index in [1.54, 1.807) is 0 Å². The molecule has 1 saturated heterocycles. The highest BCUT2D eigenvalue weighted by molar-refractivity contribution is 5.79. The Balaban J connectivity index is 1.81. The molecule has 1 amide bonds. The maximum Gasteiger partial charge on any atom is 0.224 e. The van der Waals surface area contributed by atoms with Crippen LogP contribution < -0.4 is 10.1 Å². The fraction of sp³-hybridized carbons (Fsp3) is 0.667. The molecule has 2 atom stereocenters. The minimum absolute atomic E-state index is 0.0844. The van der Waals surface area contributed by atoms with Crippen LogP contribution in [0.25, 0.3) is 0 Å². The number of ether oxygens (including phenoxy) is 2. The van der Waals surface area contributed by atoms with E-state index >= 15 is 0 Å². The first-order valence-corrected chi connectivity index (χ1v) is 10.1. The second kappa shape index (κ2) is 9.93. The van der Waals surface area contributed by atoms with Crippen LogP contribution in [0.4, 0.5) is 0 Å². The molecule has 5 nitrogen and oxygen atoms in total. The van der Waals surface area contributed by atoms with Gasteiger partial charge in [-0.15, -0.1) is 0 Å². The quantitative estimate of drug-likeness (QED) is 0.897. The van der Waals surface area contributed by atoms with Gasteiger partial charge in [0.15, 0.2) is 0 Å². The summed E-state index contributed by atoms with van der Waals surface area (Å²) in [4.78, 5) is 15.2. The van der Waals surface area contributed by atoms with Gasteiger partial charge in [0.05, 0.1) is 19.1 Å². The molecule has 2 aliphatic rings. The number of carbonyl (C=O) groups is 1. The highest BCUT2D eigenvalue weighted by atomic mass is 16.5. The van der Waals surface area contributed by atoms with Crippen LogP contribution in [0, 0.1) is 5.92 Å². The van der Waals surface area contributed by atoms with Crippen molar-refractivity contribution < 1.29 is 14.3 Å². The summed E-state index contributed by atoms with van der Waals surface area (Å²) < 4.78 is 11.5. The molecule has 0 radical (unpaired) electrons. The van der Waals surface area contributed by atoms with E-state index in [-0.39, 0.29) is 11.8 Å². The topological polar surface area (TPSA) is 50.8 Å². The number of para-hydroxylation sites is 1. The van der Waals surface area contributed by atoms with E-state index in [2.05, 4.69) is 22.3 Å². The van der Waals surface area contributed by atoms with Gasteiger partial charge >= 0.3 is 0 Å². The second-order valence-electron chi connectivity index (χ2n) is 7.23. The molecule has 0 unspecified atom stereocenters. The lowest BCUT2D eigenvalue weighted by atomic mass is 9.82. The van der Waals surface area contributed by atoms with Gasteiger partial charge in [0, 0.05) is 37.8 Å². The van der Waals surface area contributed by atoms with Crippen molar-refractivity contribution in [1.82, 2.24) is 10.2 Å². The first-order chi connectivity index (χ1) is 12.8. The minimum atomic E-state index is 0.0844. The van der Waals surface area contributed by atoms with Crippen molar-refractivity contribution in [2.75, 3.05) is 32.9 Å². The van der Waals surface area contributed by atoms with Gasteiger partial charge in [0.25, 0.3) is 0 Å². The Kier molecular flexibility index (Phi) is 7.32. The summed E-state index contributed by atoms with van der Waals surface area (Å²) in [6.07, 6.45) is 5.42. The molecule has 144 valence electrons. The van der Waals surface area contributed by atoms with Crippen molar-refractivity contribution in [3.8, 4) is 5.75 Å². The largest absolute Gasteiger partial charge is 0.494 e. The molecule has 3 rings (SSSR count). The molecular weight excluding hydrogens is 328 g/mol. The molecule has 0 aromatic heterocycles. The Labute approximate surface area is 157 Å². The van der Waals surface area contributed by atoms with E-state index in [0.717, 1.165) is 51.1 Å². The first-order valence-electron chi connectivity index (χ1n) is 10.1. The number of hydrogen-bond acceptors (Lipinski definition) is 4. The summed E-state index contributed by atoms with van der Waals surface area (Å²) in [5, 5.41) is 3.08. The molecule has 1 aromatic carbocycles. The third kappa shape index (κ3) is 4.98. The number of rotatable bonds is 4. The monoisotopic (exact) mass is 360 g/mol. The van der Waals surface area contributed by atoms with Crippen LogP contribution in [0.5, 0.6) is 5.75 Å². The van der Waals surface area contributed by atoms with Crippen LogP contribution in [0.15, 0.2) is 24.3 Å². The third-order valence-electron chi connectivity index (χ3n) is 5.46. The van der Waals surface area contributed by atoms with Crippen LogP contribution >= 0.6 is 0 Å². The third-order valence-corrected chi connectivity index (χ3v) is 5.46. The molecule has 0 spiro atoms. The van der Waals surface area contributed by atoms with E-state index in [0.29, 0.717) is 25.8 Å². The Hall–Kier alpha value is -1.59. The lowest BCUT2D eigenvalue weighted by molar-refractivity contribution is -0.128. The van der Waals surface area contributed by atoms with E-state index in [4.69, 9.17) is 9.47 Å². The molecule has 1 saturated carbocycles. The van der Waals surface area contributed by atoms with Crippen molar-refractivity contribution in [1.29, 1.82) is 0 Å². The minimum Gasteiger partial charge on any atom is -0.494 e. The smallest absolute Gasteiger partial charge is 0.224 e. The standard InChI is InChI=1S/C21H32N2O3/c1-2-26-20-11-6-3-8-17(20)16-23-13-7-14-25-15-12-22-21(24)18-9-4-5-10-19(18)23/h3,6,8,11,18-19H,2,4-5,7,9-10,12-16H2,1H3,(H,22,24)/t18-,19+/m1/s1. The van der Waals surface area contributed by atoms with E-state index in [1.807, 2.05) is 19.1 Å². The van der Waals surface area contributed by atoms with Crippen molar-refractivity contribution in [2.24, 2.45) is 5.92 Å². The SMILES string of the molecule is CCOc1ccccc1CN1CCCOCCNC(=O)[C@@H]2CCCC[C@@H]21. The molecule has 1 aliphatic carbocycles. The maximum atomic E-state index is 12.7. The zero-order chi connectivity index (χ0) is 18.2. The van der Waals surface area contributed by atoms with Gasteiger partial charge in [0.1, 0.15) is 5.75 Å². The van der Waals surface area contributed by atoms with Crippen LogP contribution in [0.2, 0.25) is 0 Å². The molecular formula is C21H32N2O3. The average Bonchev–Trinajstić information content (AvgIpc) is 2.70. The highest BCUT2D eigenvalue weighted by Gasteiger charge is 2.35. The van der Waals surface area contributed by atoms with Crippen molar-refractivity contribution in [3.05, 3.63) is 29.8 Å². The summed E-state index contributed by atoms with van der Waals surface area (Å²) >= 11 is 0. The number of benzene rings is 1. The Bertz CT molecular complexity index is 578. The van der Waals surface area contributed by atoms with Crippen molar-refractivity contribution in [2.45, 2.75) is 51.6 Å². The van der Waals surface area contributed by atoms with Gasteiger partial charge in [-0.05, 0) is 32.3 Å². The van der Waals surface area contributed by atoms with Gasteiger partial charge in [-0.3, -0.25) is 9.69 Å². The molecule has 1 aromatic rings. The van der Waals surface area contributed by atoms with Crippen LogP contribution in [0.3, 0.4) is 0 Å². The van der Waals surface area contributed by atoms with E-state index in [1.165, 1.54) is 12.0 Å². The number of nitrogens with one attached hydrogen (secondary N) is 1. The van der Waals surface area contributed by atoms with Gasteiger partial charge in [-0.2, -0.15) is 0 Å². The van der Waals surface area contributed by atoms with Gasteiger partial charge < -0.3 is 14.8 Å². The number of hydrogen-bond donors (Lipinski definition) is 1. The second-order valence-corrected chi connectivity index (χ2v) is 7.23. The normalized spacial score (nSPS) is 25.7. The summed E-state index contributed by atoms with van der Waals surface area (Å²) in [6.45, 7) is 6.43. The first kappa shape index (κ1) is 19.2. The molecule has 5 heteroatoms. The predicted molar refractivity (Wildman–Crippen MR) is 102 cm³/mol. The fourth-order valence-electron chi connectivity index (χ4n) is 4.22. The summed E-state index contributed by atoms with van der Waals surface area (Å²) in [5.74, 6) is 1.24. The summed E-state index contributed by atoms with van der Waals surface area (Å²) in [5.41, 5.74) is 1.20. The van der Waals surface area contributed by atoms with Crippen LogP contribution in [0.1, 0.15) is 44.6 Å². The van der Waals surface area contributed by atoms with Crippen molar-refractivity contribution in [3.63, 3.8) is 0 Å². The van der Waals surface area contributed by atoms with Crippen LogP contribution in [-0.2, 0) is 16.1 Å². The van der Waals surface area contributed by atoms with E-state index < -0.39 is 0 Å². The Morgan fingerprint density at radius 2 is 2.04 bits per heavy atom. The molecule has 2 fully saturated rings. The maximum absolute atomic E-state index is 12.7. The number of carbonyl (C=O) groups excluding carboxylic acids is 1. The fourth-order valence-corrected chi connectivity index (χ4v) is 4.22. The van der Waals surface area contributed by atoms with Crippen LogP contribution in [-0.4, -0.2) is 49.8 Å². The lowest BCUT2D eigenvalue weighted by Gasteiger charge is -2.39. The molecule has 26 heavy (non-hydrogen) atoms. The molecule has 1 aliphatic heterocycles. The zero-order valence-corrected chi connectivity index (χ0v) is 15.9. The molecule has 1 N–H and O–H groups in total. The Morgan fingerprint density at radius 1 is 1.19 bits per heavy atom. The van der Waals surface area contributed by atoms with E-state index in [9.17, 15) is 4.79 Å². The highest BCUT2D eigenvalue weighted by Crippen LogP contribution is 2.31. The molecule has 1 heterocycles. The Morgan fingerprint density at radius 3 is 2.92 bits per heavy atom. The molecule has 0 bridgehead atoms. The summed E-state index contributed by atoms with van der Waals surface area (Å²) in [6, 6.07) is 8.57. The lowest BCUT2D eigenvalue weighted by Crippen LogP contribution is -2.48. The average molecular weight is 360 g/mol. The number of nitrogens with zero attached hydrogens (tertiary/aromatic N) is 1.